The minimum atomic E-state index is -4.43. The predicted octanol–water partition coefficient (Wildman–Crippen LogP) is 3.03. The fourth-order valence-electron chi connectivity index (χ4n) is 2.07. The summed E-state index contributed by atoms with van der Waals surface area (Å²) < 4.78 is 56.9. The van der Waals surface area contributed by atoms with Crippen LogP contribution in [-0.4, -0.2) is 17.9 Å². The van der Waals surface area contributed by atoms with E-state index in [1.165, 1.54) is 31.2 Å². The Hall–Kier alpha value is -3.10. The standard InChI is InChI=1S/C18H16F4N2O3/c1-10(16(23)25)24-17(26)14-7-6-13(8-15(14)19)27-9-11-2-4-12(5-3-11)18(20,21)22/h2-8,10H,9H2,1H3,(H2,23,25)(H,24,26)/t10-/m0/s1. The molecule has 2 aromatic rings. The minimum Gasteiger partial charge on any atom is -0.489 e. The number of alkyl halides is 3. The average molecular weight is 384 g/mol. The monoisotopic (exact) mass is 384 g/mol. The summed E-state index contributed by atoms with van der Waals surface area (Å²) in [4.78, 5) is 22.8. The summed E-state index contributed by atoms with van der Waals surface area (Å²) in [6.07, 6.45) is -4.43. The van der Waals surface area contributed by atoms with Crippen LogP contribution in [0.3, 0.4) is 0 Å². The minimum absolute atomic E-state index is 0.0815. The first kappa shape index (κ1) is 20.2. The molecule has 3 N–H and O–H groups in total. The first-order valence-electron chi connectivity index (χ1n) is 7.76. The van der Waals surface area contributed by atoms with E-state index in [0.29, 0.717) is 5.56 Å². The van der Waals surface area contributed by atoms with Gasteiger partial charge in [-0.25, -0.2) is 4.39 Å². The topological polar surface area (TPSA) is 81.4 Å². The van der Waals surface area contributed by atoms with Crippen molar-refractivity contribution >= 4 is 11.8 Å². The largest absolute Gasteiger partial charge is 0.489 e. The smallest absolute Gasteiger partial charge is 0.416 e. The van der Waals surface area contributed by atoms with Crippen LogP contribution >= 0.6 is 0 Å². The number of benzene rings is 2. The van der Waals surface area contributed by atoms with Crippen LogP contribution in [0.25, 0.3) is 0 Å². The average Bonchev–Trinajstić information content (AvgIpc) is 2.59. The van der Waals surface area contributed by atoms with E-state index in [0.717, 1.165) is 18.2 Å². The van der Waals surface area contributed by atoms with Gasteiger partial charge in [-0.2, -0.15) is 13.2 Å². The van der Waals surface area contributed by atoms with Gasteiger partial charge in [0.05, 0.1) is 11.1 Å². The Labute approximate surface area is 152 Å². The summed E-state index contributed by atoms with van der Waals surface area (Å²) in [5.41, 5.74) is 4.40. The van der Waals surface area contributed by atoms with Crippen molar-refractivity contribution in [1.82, 2.24) is 5.32 Å². The third kappa shape index (κ3) is 5.44. The number of carbonyl (C=O) groups is 2. The molecule has 2 amide bonds. The highest BCUT2D eigenvalue weighted by molar-refractivity contribution is 5.97. The maximum Gasteiger partial charge on any atom is 0.416 e. The summed E-state index contributed by atoms with van der Waals surface area (Å²) in [6, 6.07) is 6.86. The molecule has 27 heavy (non-hydrogen) atoms. The molecule has 5 nitrogen and oxygen atoms in total. The number of nitrogens with one attached hydrogen (secondary N) is 1. The normalized spacial score (nSPS) is 12.3. The molecule has 0 bridgehead atoms. The van der Waals surface area contributed by atoms with Crippen molar-refractivity contribution in [2.45, 2.75) is 25.7 Å². The highest BCUT2D eigenvalue weighted by Crippen LogP contribution is 2.29. The van der Waals surface area contributed by atoms with Gasteiger partial charge >= 0.3 is 6.18 Å². The van der Waals surface area contributed by atoms with Gasteiger partial charge in [-0.15, -0.1) is 0 Å². The van der Waals surface area contributed by atoms with Crippen LogP contribution in [0, 0.1) is 5.82 Å². The lowest BCUT2D eigenvalue weighted by Gasteiger charge is -2.12. The molecule has 0 radical (unpaired) electrons. The zero-order valence-corrected chi connectivity index (χ0v) is 14.1. The molecule has 9 heteroatoms. The van der Waals surface area contributed by atoms with E-state index < -0.39 is 35.4 Å². The van der Waals surface area contributed by atoms with Crippen LogP contribution in [-0.2, 0) is 17.6 Å². The zero-order chi connectivity index (χ0) is 20.2. The molecule has 1 atom stereocenters. The van der Waals surface area contributed by atoms with Crippen molar-refractivity contribution in [1.29, 1.82) is 0 Å². The van der Waals surface area contributed by atoms with Crippen LogP contribution in [0.4, 0.5) is 17.6 Å². The van der Waals surface area contributed by atoms with Crippen molar-refractivity contribution in [2.75, 3.05) is 0 Å². The Morgan fingerprint density at radius 1 is 1.15 bits per heavy atom. The summed E-state index contributed by atoms with van der Waals surface area (Å²) in [7, 11) is 0. The van der Waals surface area contributed by atoms with E-state index in [2.05, 4.69) is 5.32 Å². The molecule has 0 aliphatic carbocycles. The van der Waals surface area contributed by atoms with Gasteiger partial charge in [-0.1, -0.05) is 12.1 Å². The van der Waals surface area contributed by atoms with Gasteiger partial charge in [0, 0.05) is 6.07 Å². The number of hydrogen-bond acceptors (Lipinski definition) is 3. The van der Waals surface area contributed by atoms with E-state index in [1.54, 1.807) is 0 Å². The Balaban J connectivity index is 2.01. The lowest BCUT2D eigenvalue weighted by atomic mass is 10.1. The molecule has 0 fully saturated rings. The second-order valence-electron chi connectivity index (χ2n) is 5.72. The van der Waals surface area contributed by atoms with Crippen molar-refractivity contribution in [2.24, 2.45) is 5.73 Å². The van der Waals surface area contributed by atoms with E-state index in [-0.39, 0.29) is 17.9 Å². The Morgan fingerprint density at radius 3 is 2.30 bits per heavy atom. The van der Waals surface area contributed by atoms with E-state index >= 15 is 0 Å². The number of carbonyl (C=O) groups excluding carboxylic acids is 2. The SMILES string of the molecule is C[C@H](NC(=O)c1ccc(OCc2ccc(C(F)(F)F)cc2)cc1F)C(N)=O. The Bertz CT molecular complexity index is 835. The molecular weight excluding hydrogens is 368 g/mol. The second-order valence-corrected chi connectivity index (χ2v) is 5.72. The first-order valence-corrected chi connectivity index (χ1v) is 7.76. The summed E-state index contributed by atoms with van der Waals surface area (Å²) in [6.45, 7) is 1.28. The quantitative estimate of drug-likeness (QED) is 0.752. The number of amides is 2. The lowest BCUT2D eigenvalue weighted by molar-refractivity contribution is -0.137. The number of halogens is 4. The van der Waals surface area contributed by atoms with Gasteiger partial charge in [0.15, 0.2) is 0 Å². The van der Waals surface area contributed by atoms with Crippen molar-refractivity contribution in [3.63, 3.8) is 0 Å². The van der Waals surface area contributed by atoms with Crippen LogP contribution < -0.4 is 15.8 Å². The van der Waals surface area contributed by atoms with Crippen LogP contribution in [0.15, 0.2) is 42.5 Å². The fraction of sp³-hybridized carbons (Fsp3) is 0.222. The number of nitrogens with two attached hydrogens (primary N) is 1. The van der Waals surface area contributed by atoms with Gasteiger partial charge in [0.1, 0.15) is 24.2 Å². The molecule has 2 rings (SSSR count). The summed E-state index contributed by atoms with van der Waals surface area (Å²) in [5.74, 6) is -2.37. The van der Waals surface area contributed by atoms with E-state index in [1.807, 2.05) is 0 Å². The maximum absolute atomic E-state index is 14.1. The molecule has 0 aromatic heterocycles. The van der Waals surface area contributed by atoms with Crippen LogP contribution in [0.1, 0.15) is 28.4 Å². The molecule has 2 aromatic carbocycles. The number of rotatable bonds is 6. The van der Waals surface area contributed by atoms with Gasteiger partial charge in [0.2, 0.25) is 5.91 Å². The molecule has 0 saturated carbocycles. The van der Waals surface area contributed by atoms with Crippen molar-refractivity contribution < 1.29 is 31.9 Å². The number of ether oxygens (including phenoxy) is 1. The van der Waals surface area contributed by atoms with Gasteiger partial charge in [-0.05, 0) is 36.8 Å². The molecule has 144 valence electrons. The van der Waals surface area contributed by atoms with Crippen LogP contribution in [0.2, 0.25) is 0 Å². The molecule has 0 spiro atoms. The third-order valence-electron chi connectivity index (χ3n) is 3.65. The lowest BCUT2D eigenvalue weighted by Crippen LogP contribution is -2.42. The van der Waals surface area contributed by atoms with Gasteiger partial charge < -0.3 is 15.8 Å². The maximum atomic E-state index is 14.1. The second kappa shape index (κ2) is 8.07. The van der Waals surface area contributed by atoms with Crippen LogP contribution in [0.5, 0.6) is 5.75 Å². The highest BCUT2D eigenvalue weighted by Gasteiger charge is 2.29. The molecule has 0 heterocycles. The van der Waals surface area contributed by atoms with Crippen molar-refractivity contribution in [3.8, 4) is 5.75 Å². The molecule has 0 unspecified atom stereocenters. The molecule has 0 aliphatic heterocycles. The zero-order valence-electron chi connectivity index (χ0n) is 14.1. The van der Waals surface area contributed by atoms with E-state index in [9.17, 15) is 27.2 Å². The number of hydrogen-bond donors (Lipinski definition) is 2. The predicted molar refractivity (Wildman–Crippen MR) is 88.3 cm³/mol. The van der Waals surface area contributed by atoms with E-state index in [4.69, 9.17) is 10.5 Å². The summed E-state index contributed by atoms with van der Waals surface area (Å²) in [5, 5.41) is 2.24. The van der Waals surface area contributed by atoms with Gasteiger partial charge in [0.25, 0.3) is 5.91 Å². The number of primary amides is 1. The van der Waals surface area contributed by atoms with Crippen molar-refractivity contribution in [3.05, 3.63) is 65.0 Å². The highest BCUT2D eigenvalue weighted by atomic mass is 19.4. The first-order chi connectivity index (χ1) is 12.6. The molecule has 0 saturated heterocycles. The summed E-state index contributed by atoms with van der Waals surface area (Å²) >= 11 is 0. The van der Waals surface area contributed by atoms with Gasteiger partial charge in [-0.3, -0.25) is 9.59 Å². The third-order valence-corrected chi connectivity index (χ3v) is 3.65. The Kier molecular flexibility index (Phi) is 6.04. The fourth-order valence-corrected chi connectivity index (χ4v) is 2.07. The molecule has 0 aliphatic rings. The molecular formula is C18H16F4N2O3. The Morgan fingerprint density at radius 2 is 1.78 bits per heavy atom.